The topological polar surface area (TPSA) is 255 Å². The number of likely N-dealkylation sites (N-methyl/N-ethyl adjacent to an activating group) is 2. The van der Waals surface area contributed by atoms with Gasteiger partial charge in [0, 0.05) is 38.1 Å². The fourth-order valence-corrected chi connectivity index (χ4v) is 6.88. The largest absolute Gasteiger partial charge is 0.507 e. The van der Waals surface area contributed by atoms with Crippen LogP contribution in [0.3, 0.4) is 0 Å². The lowest BCUT2D eigenvalue weighted by Gasteiger charge is -2.30. The van der Waals surface area contributed by atoms with Crippen LogP contribution in [-0.2, 0) is 40.0 Å². The number of nitrogens with zero attached hydrogens (tertiary/aromatic N) is 2. The van der Waals surface area contributed by atoms with Crippen molar-refractivity contribution in [1.29, 1.82) is 0 Å². The first kappa shape index (κ1) is 48.7. The van der Waals surface area contributed by atoms with E-state index in [0.717, 1.165) is 41.4 Å². The molecule has 1 aliphatic rings. The molecule has 330 valence electrons. The van der Waals surface area contributed by atoms with Crippen LogP contribution in [0.2, 0.25) is 0 Å². The molecule has 0 aliphatic carbocycles. The number of aliphatic carboxylic acids is 1. The van der Waals surface area contributed by atoms with E-state index >= 15 is 0 Å². The molecule has 0 spiro atoms. The Hall–Kier alpha value is -5.71. The lowest BCUT2D eigenvalue weighted by Crippen LogP contribution is -2.55. The summed E-state index contributed by atoms with van der Waals surface area (Å²) in [5, 5.41) is 51.2. The average molecular weight is 839 g/mol. The van der Waals surface area contributed by atoms with Crippen molar-refractivity contribution in [2.45, 2.75) is 122 Å². The fraction of sp³-hybridized carbons (Fsp3) is 0.558. The molecule has 4 bridgehead atoms. The molecule has 3 rings (SSSR count). The molecule has 0 saturated heterocycles. The highest BCUT2D eigenvalue weighted by atomic mass is 16.4. The quantitative estimate of drug-likeness (QED) is 0.0955. The van der Waals surface area contributed by atoms with Gasteiger partial charge in [-0.1, -0.05) is 70.9 Å². The van der Waals surface area contributed by atoms with Gasteiger partial charge in [0.15, 0.2) is 0 Å². The molecule has 6 unspecified atom stereocenters. The maximum Gasteiger partial charge on any atom is 0.326 e. The molecule has 6 amide bonds. The molecule has 6 atom stereocenters. The van der Waals surface area contributed by atoms with Crippen molar-refractivity contribution in [2.75, 3.05) is 27.2 Å². The number of carbonyl (C=O) groups excluding carboxylic acids is 6. The predicted molar refractivity (Wildman–Crippen MR) is 222 cm³/mol. The number of rotatable bonds is 19. The van der Waals surface area contributed by atoms with Crippen LogP contribution >= 0.6 is 0 Å². The lowest BCUT2D eigenvalue weighted by atomic mass is 9.94. The normalized spacial score (nSPS) is 18.1. The Bertz CT molecular complexity index is 1860. The average Bonchev–Trinajstić information content (AvgIpc) is 3.21. The van der Waals surface area contributed by atoms with E-state index in [1.54, 1.807) is 0 Å². The van der Waals surface area contributed by atoms with Crippen LogP contribution in [0.1, 0.15) is 103 Å². The Morgan fingerprint density at radius 1 is 0.833 bits per heavy atom. The molecule has 2 aromatic rings. The van der Waals surface area contributed by atoms with E-state index in [2.05, 4.69) is 35.1 Å². The molecule has 1 aliphatic heterocycles. The second-order valence-electron chi connectivity index (χ2n) is 15.7. The summed E-state index contributed by atoms with van der Waals surface area (Å²) in [7, 11) is 2.69. The highest BCUT2D eigenvalue weighted by Gasteiger charge is 2.34. The van der Waals surface area contributed by atoms with Crippen molar-refractivity contribution in [3.63, 3.8) is 0 Å². The van der Waals surface area contributed by atoms with Gasteiger partial charge in [-0.25, -0.2) is 4.79 Å². The molecule has 0 saturated carbocycles. The number of carboxylic acids is 1. The number of hydrogen-bond acceptors (Lipinski definition) is 10. The van der Waals surface area contributed by atoms with Gasteiger partial charge in [0.25, 0.3) is 0 Å². The number of benzene rings is 2. The standard InChI is InChI=1S/C43H62N6O11/c1-7-25(2)14-12-10-8-9-11-13-15-36(53)48(5)33(24-50)41(57)45-26(3)39(55)44-23-37(54)49(6)38-29-17-19-35(52)31(22-29)30-20-28(16-18-34(30)51)21-32(43(59)60)47-40(56)27(4)46-42(38)58/h16-20,22,25-27,32-33,38,50-52H,7-15,21,23-24H2,1-6H3,(H,44,55)(H,45,57)(H,46,58)(H,47,56)(H,59,60). The van der Waals surface area contributed by atoms with Gasteiger partial charge in [0.1, 0.15) is 41.7 Å². The maximum atomic E-state index is 13.9. The van der Waals surface area contributed by atoms with Crippen molar-refractivity contribution < 1.29 is 54.0 Å². The van der Waals surface area contributed by atoms with Gasteiger partial charge < -0.3 is 51.5 Å². The Kier molecular flexibility index (Phi) is 18.8. The van der Waals surface area contributed by atoms with Crippen LogP contribution in [0.25, 0.3) is 11.1 Å². The van der Waals surface area contributed by atoms with E-state index in [4.69, 9.17) is 0 Å². The third-order valence-electron chi connectivity index (χ3n) is 11.1. The first-order valence-corrected chi connectivity index (χ1v) is 20.6. The number of fused-ring (bicyclic) bond motifs is 5. The SMILES string of the molecule is CCC(C)CCCCCCCCC(=O)N(C)C(CO)C(=O)NC(C)C(=O)NCC(=O)N(C)C1C(=O)NC(C)C(=O)NC(C(=O)O)Cc2ccc(O)c(c2)-c2cc1ccc2O. The third kappa shape index (κ3) is 13.7. The summed E-state index contributed by atoms with van der Waals surface area (Å²) in [6.45, 7) is 5.80. The third-order valence-corrected chi connectivity index (χ3v) is 11.1. The van der Waals surface area contributed by atoms with Crippen molar-refractivity contribution in [1.82, 2.24) is 31.1 Å². The monoisotopic (exact) mass is 838 g/mol. The second-order valence-corrected chi connectivity index (χ2v) is 15.7. The van der Waals surface area contributed by atoms with E-state index in [1.165, 1.54) is 83.6 Å². The summed E-state index contributed by atoms with van der Waals surface area (Å²) in [5.41, 5.74) is 0.723. The van der Waals surface area contributed by atoms with Gasteiger partial charge in [-0.05, 0) is 61.6 Å². The van der Waals surface area contributed by atoms with E-state index in [-0.39, 0.29) is 46.9 Å². The molecule has 1 heterocycles. The first-order chi connectivity index (χ1) is 28.4. The minimum atomic E-state index is -1.47. The zero-order valence-corrected chi connectivity index (χ0v) is 35.5. The molecule has 17 heteroatoms. The zero-order valence-electron chi connectivity index (χ0n) is 35.5. The summed E-state index contributed by atoms with van der Waals surface area (Å²) in [6.07, 6.45) is 8.39. The number of hydrogen-bond donors (Lipinski definition) is 8. The van der Waals surface area contributed by atoms with E-state index < -0.39 is 78.9 Å². The molecule has 17 nitrogen and oxygen atoms in total. The number of phenols is 2. The minimum Gasteiger partial charge on any atom is -0.507 e. The van der Waals surface area contributed by atoms with E-state index in [9.17, 15) is 54.0 Å². The van der Waals surface area contributed by atoms with E-state index in [1.807, 2.05) is 0 Å². The van der Waals surface area contributed by atoms with Gasteiger partial charge in [0.05, 0.1) is 13.2 Å². The molecular weight excluding hydrogens is 777 g/mol. The number of phenolic OH excluding ortho intramolecular Hbond substituents is 2. The number of nitrogens with one attached hydrogen (secondary N) is 4. The van der Waals surface area contributed by atoms with Gasteiger partial charge in [0.2, 0.25) is 35.4 Å². The smallest absolute Gasteiger partial charge is 0.326 e. The first-order valence-electron chi connectivity index (χ1n) is 20.6. The number of amides is 6. The van der Waals surface area contributed by atoms with E-state index in [0.29, 0.717) is 12.0 Å². The number of unbranched alkanes of at least 4 members (excludes halogenated alkanes) is 5. The molecule has 60 heavy (non-hydrogen) atoms. The van der Waals surface area contributed by atoms with Crippen molar-refractivity contribution in [2.24, 2.45) is 5.92 Å². The molecule has 0 radical (unpaired) electrons. The molecule has 8 N–H and O–H groups in total. The van der Waals surface area contributed by atoms with Crippen LogP contribution < -0.4 is 21.3 Å². The van der Waals surface area contributed by atoms with Crippen molar-refractivity contribution in [3.8, 4) is 22.6 Å². The summed E-state index contributed by atoms with van der Waals surface area (Å²) in [5.74, 6) is -5.52. The van der Waals surface area contributed by atoms with Gasteiger partial charge >= 0.3 is 5.97 Å². The number of aliphatic hydroxyl groups excluding tert-OH is 1. The van der Waals surface area contributed by atoms with Crippen LogP contribution in [0.4, 0.5) is 0 Å². The van der Waals surface area contributed by atoms with Gasteiger partial charge in [-0.2, -0.15) is 0 Å². The Labute approximate surface area is 351 Å². The number of aliphatic hydroxyl groups is 1. The molecule has 2 aromatic carbocycles. The second kappa shape index (κ2) is 23.2. The summed E-state index contributed by atoms with van der Waals surface area (Å²) < 4.78 is 0. The van der Waals surface area contributed by atoms with Crippen LogP contribution in [0, 0.1) is 5.92 Å². The van der Waals surface area contributed by atoms with Gasteiger partial charge in [-0.15, -0.1) is 0 Å². The van der Waals surface area contributed by atoms with Crippen molar-refractivity contribution >= 4 is 41.4 Å². The predicted octanol–water partition coefficient (Wildman–Crippen LogP) is 2.50. The fourth-order valence-electron chi connectivity index (χ4n) is 6.88. The highest BCUT2D eigenvalue weighted by Crippen LogP contribution is 2.38. The van der Waals surface area contributed by atoms with Crippen LogP contribution in [-0.4, -0.2) is 123 Å². The maximum absolute atomic E-state index is 13.9. The van der Waals surface area contributed by atoms with Gasteiger partial charge in [-0.3, -0.25) is 28.8 Å². The Balaban J connectivity index is 1.68. The Morgan fingerprint density at radius 3 is 2.08 bits per heavy atom. The molecule has 0 fully saturated rings. The summed E-state index contributed by atoms with van der Waals surface area (Å²) in [6, 6.07) is 1.62. The Morgan fingerprint density at radius 2 is 1.45 bits per heavy atom. The highest BCUT2D eigenvalue weighted by molar-refractivity contribution is 5.96. The summed E-state index contributed by atoms with van der Waals surface area (Å²) >= 11 is 0. The minimum absolute atomic E-state index is 0.0659. The number of aromatic hydroxyl groups is 2. The molecule has 0 aromatic heterocycles. The van der Waals surface area contributed by atoms with Crippen LogP contribution in [0.5, 0.6) is 11.5 Å². The zero-order chi connectivity index (χ0) is 44.7. The summed E-state index contributed by atoms with van der Waals surface area (Å²) in [4.78, 5) is 93.8. The number of carboxylic acid groups (broad SMARTS) is 1. The van der Waals surface area contributed by atoms with Crippen LogP contribution in [0.15, 0.2) is 36.4 Å². The number of carbonyl (C=O) groups is 7. The molecular formula is C43H62N6O11. The van der Waals surface area contributed by atoms with Crippen molar-refractivity contribution in [3.05, 3.63) is 47.5 Å². The lowest BCUT2D eigenvalue weighted by molar-refractivity contribution is -0.143.